The summed E-state index contributed by atoms with van der Waals surface area (Å²) in [6.45, 7) is 6.63. The van der Waals surface area contributed by atoms with Gasteiger partial charge >= 0.3 is 0 Å². The van der Waals surface area contributed by atoms with Gasteiger partial charge in [0.25, 0.3) is 0 Å². The Bertz CT molecular complexity index is 848. The lowest BCUT2D eigenvalue weighted by molar-refractivity contribution is 0.733. The molecule has 0 aliphatic carbocycles. The average Bonchev–Trinajstić information content (AvgIpc) is 2.73. The standard InChI is InChI=1S/C25H30N2/c1-6-20(3)21-9-13-23(14-10-21)27(5)25-17-15-24(16-18-25)26(4)22-11-7-19(2)8-12-22/h7-18,20H,6H2,1-5H3. The molecule has 140 valence electrons. The fourth-order valence-electron chi connectivity index (χ4n) is 3.23. The third-order valence-corrected chi connectivity index (χ3v) is 5.51. The second-order valence-corrected chi connectivity index (χ2v) is 7.37. The Kier molecular flexibility index (Phi) is 5.85. The summed E-state index contributed by atoms with van der Waals surface area (Å²) in [6, 6.07) is 26.3. The van der Waals surface area contributed by atoms with E-state index in [1.807, 2.05) is 0 Å². The van der Waals surface area contributed by atoms with E-state index in [1.165, 1.54) is 40.3 Å². The molecule has 0 N–H and O–H groups in total. The van der Waals surface area contributed by atoms with Gasteiger partial charge in [0.05, 0.1) is 0 Å². The number of anilines is 4. The first kappa shape index (κ1) is 19.0. The molecule has 0 aliphatic heterocycles. The van der Waals surface area contributed by atoms with Crippen LogP contribution in [0.15, 0.2) is 72.8 Å². The number of rotatable bonds is 6. The largest absolute Gasteiger partial charge is 0.345 e. The molecule has 2 nitrogen and oxygen atoms in total. The van der Waals surface area contributed by atoms with Crippen LogP contribution in [0.3, 0.4) is 0 Å². The van der Waals surface area contributed by atoms with Crippen molar-refractivity contribution in [3.63, 3.8) is 0 Å². The summed E-state index contributed by atoms with van der Waals surface area (Å²) in [4.78, 5) is 4.44. The van der Waals surface area contributed by atoms with Crippen molar-refractivity contribution in [2.75, 3.05) is 23.9 Å². The zero-order valence-electron chi connectivity index (χ0n) is 17.1. The van der Waals surface area contributed by atoms with Gasteiger partial charge in [-0.1, -0.05) is 43.7 Å². The summed E-state index contributed by atoms with van der Waals surface area (Å²) in [5, 5.41) is 0. The molecule has 3 aromatic rings. The monoisotopic (exact) mass is 358 g/mol. The summed E-state index contributed by atoms with van der Waals surface area (Å²) in [7, 11) is 4.23. The molecule has 0 radical (unpaired) electrons. The van der Waals surface area contributed by atoms with Crippen molar-refractivity contribution in [1.82, 2.24) is 0 Å². The van der Waals surface area contributed by atoms with Gasteiger partial charge in [-0.25, -0.2) is 0 Å². The molecule has 0 fully saturated rings. The Hall–Kier alpha value is -2.74. The van der Waals surface area contributed by atoms with Gasteiger partial charge in [0.15, 0.2) is 0 Å². The Morgan fingerprint density at radius 3 is 1.33 bits per heavy atom. The lowest BCUT2D eigenvalue weighted by Gasteiger charge is -2.23. The Morgan fingerprint density at radius 2 is 0.963 bits per heavy atom. The van der Waals surface area contributed by atoms with E-state index in [2.05, 4.69) is 117 Å². The second kappa shape index (κ2) is 8.30. The van der Waals surface area contributed by atoms with E-state index in [0.717, 1.165) is 0 Å². The van der Waals surface area contributed by atoms with E-state index < -0.39 is 0 Å². The van der Waals surface area contributed by atoms with Crippen molar-refractivity contribution in [2.45, 2.75) is 33.1 Å². The average molecular weight is 359 g/mol. The normalized spacial score (nSPS) is 11.9. The fourth-order valence-corrected chi connectivity index (χ4v) is 3.23. The molecule has 0 heterocycles. The summed E-state index contributed by atoms with van der Waals surface area (Å²) in [5.41, 5.74) is 7.47. The zero-order valence-corrected chi connectivity index (χ0v) is 17.1. The van der Waals surface area contributed by atoms with Crippen LogP contribution in [0, 0.1) is 6.92 Å². The summed E-state index contributed by atoms with van der Waals surface area (Å²) in [5.74, 6) is 0.612. The van der Waals surface area contributed by atoms with E-state index >= 15 is 0 Å². The number of hydrogen-bond donors (Lipinski definition) is 0. The highest BCUT2D eigenvalue weighted by Gasteiger charge is 2.08. The fraction of sp³-hybridized carbons (Fsp3) is 0.280. The Morgan fingerprint density at radius 1 is 0.630 bits per heavy atom. The molecule has 3 aromatic carbocycles. The van der Waals surface area contributed by atoms with E-state index in [0.29, 0.717) is 5.92 Å². The van der Waals surface area contributed by atoms with E-state index in [4.69, 9.17) is 0 Å². The van der Waals surface area contributed by atoms with Crippen LogP contribution in [-0.4, -0.2) is 14.1 Å². The van der Waals surface area contributed by atoms with Gasteiger partial charge in [0, 0.05) is 36.8 Å². The Balaban J connectivity index is 1.75. The van der Waals surface area contributed by atoms with Gasteiger partial charge in [0.2, 0.25) is 0 Å². The van der Waals surface area contributed by atoms with Crippen molar-refractivity contribution >= 4 is 22.7 Å². The lowest BCUT2D eigenvalue weighted by Crippen LogP contribution is -2.11. The molecule has 0 saturated carbocycles. The highest BCUT2D eigenvalue weighted by Crippen LogP contribution is 2.30. The highest BCUT2D eigenvalue weighted by atomic mass is 15.1. The maximum atomic E-state index is 2.28. The minimum absolute atomic E-state index is 0.612. The molecule has 27 heavy (non-hydrogen) atoms. The first-order valence-electron chi connectivity index (χ1n) is 9.73. The molecule has 3 rings (SSSR count). The summed E-state index contributed by atoms with van der Waals surface area (Å²) < 4.78 is 0. The minimum atomic E-state index is 0.612. The SMILES string of the molecule is CCC(C)c1ccc(N(C)c2ccc(N(C)c3ccc(C)cc3)cc2)cc1. The van der Waals surface area contributed by atoms with E-state index in [9.17, 15) is 0 Å². The van der Waals surface area contributed by atoms with Crippen LogP contribution in [-0.2, 0) is 0 Å². The van der Waals surface area contributed by atoms with Crippen LogP contribution in [0.5, 0.6) is 0 Å². The van der Waals surface area contributed by atoms with Gasteiger partial charge < -0.3 is 9.80 Å². The van der Waals surface area contributed by atoms with Gasteiger partial charge in [-0.05, 0) is 73.4 Å². The predicted octanol–water partition coefficient (Wildman–Crippen LogP) is 7.04. The number of hydrogen-bond acceptors (Lipinski definition) is 2. The van der Waals surface area contributed by atoms with Crippen LogP contribution in [0.1, 0.15) is 37.3 Å². The molecule has 1 atom stereocenters. The highest BCUT2D eigenvalue weighted by molar-refractivity contribution is 5.68. The first-order chi connectivity index (χ1) is 13.0. The molecule has 1 unspecified atom stereocenters. The molecular formula is C25H30N2. The molecule has 0 bridgehead atoms. The number of benzene rings is 3. The van der Waals surface area contributed by atoms with Crippen molar-refractivity contribution in [3.8, 4) is 0 Å². The first-order valence-corrected chi connectivity index (χ1v) is 9.73. The molecule has 0 aliphatic rings. The van der Waals surface area contributed by atoms with Crippen molar-refractivity contribution in [2.24, 2.45) is 0 Å². The quantitative estimate of drug-likeness (QED) is 0.466. The third kappa shape index (κ3) is 4.33. The van der Waals surface area contributed by atoms with Crippen molar-refractivity contribution < 1.29 is 0 Å². The van der Waals surface area contributed by atoms with Gasteiger partial charge in [-0.15, -0.1) is 0 Å². The molecule has 0 saturated heterocycles. The lowest BCUT2D eigenvalue weighted by atomic mass is 9.98. The smallest absolute Gasteiger partial charge is 0.0409 e. The maximum absolute atomic E-state index is 2.28. The van der Waals surface area contributed by atoms with Crippen LogP contribution in [0.2, 0.25) is 0 Å². The van der Waals surface area contributed by atoms with Crippen molar-refractivity contribution in [1.29, 1.82) is 0 Å². The minimum Gasteiger partial charge on any atom is -0.345 e. The van der Waals surface area contributed by atoms with Gasteiger partial charge in [-0.2, -0.15) is 0 Å². The van der Waals surface area contributed by atoms with Gasteiger partial charge in [-0.3, -0.25) is 0 Å². The number of aryl methyl sites for hydroxylation is 1. The summed E-state index contributed by atoms with van der Waals surface area (Å²) in [6.07, 6.45) is 1.17. The maximum Gasteiger partial charge on any atom is 0.0409 e. The predicted molar refractivity (Wildman–Crippen MR) is 119 cm³/mol. The van der Waals surface area contributed by atoms with E-state index in [1.54, 1.807) is 0 Å². The molecule has 0 spiro atoms. The van der Waals surface area contributed by atoms with Crippen LogP contribution >= 0.6 is 0 Å². The van der Waals surface area contributed by atoms with Crippen molar-refractivity contribution in [3.05, 3.63) is 83.9 Å². The zero-order chi connectivity index (χ0) is 19.4. The molecular weight excluding hydrogens is 328 g/mol. The van der Waals surface area contributed by atoms with E-state index in [-0.39, 0.29) is 0 Å². The molecule has 0 amide bonds. The Labute approximate surface area is 164 Å². The van der Waals surface area contributed by atoms with Gasteiger partial charge in [0.1, 0.15) is 0 Å². The number of nitrogens with zero attached hydrogens (tertiary/aromatic N) is 2. The van der Waals surface area contributed by atoms with Crippen LogP contribution < -0.4 is 9.80 Å². The third-order valence-electron chi connectivity index (χ3n) is 5.51. The molecule has 2 heteroatoms. The second-order valence-electron chi connectivity index (χ2n) is 7.37. The molecule has 0 aromatic heterocycles. The van der Waals surface area contributed by atoms with Crippen LogP contribution in [0.4, 0.5) is 22.7 Å². The summed E-state index contributed by atoms with van der Waals surface area (Å²) >= 11 is 0. The van der Waals surface area contributed by atoms with Crippen LogP contribution in [0.25, 0.3) is 0 Å². The topological polar surface area (TPSA) is 6.48 Å².